The van der Waals surface area contributed by atoms with Gasteiger partial charge in [-0.05, 0) is 19.4 Å². The summed E-state index contributed by atoms with van der Waals surface area (Å²) in [6.07, 6.45) is 5.86. The van der Waals surface area contributed by atoms with Crippen molar-refractivity contribution in [3.63, 3.8) is 0 Å². The van der Waals surface area contributed by atoms with Gasteiger partial charge in [-0.15, -0.1) is 0 Å². The van der Waals surface area contributed by atoms with Crippen LogP contribution in [0.15, 0.2) is 23.9 Å². The minimum Gasteiger partial charge on any atom is -0.465 e. The molecule has 0 aromatic rings. The number of ketones is 1. The first-order chi connectivity index (χ1) is 8.15. The Hall–Kier alpha value is -1.91. The van der Waals surface area contributed by atoms with Gasteiger partial charge in [0.15, 0.2) is 0 Å². The topological polar surface area (TPSA) is 63.7 Å². The van der Waals surface area contributed by atoms with E-state index < -0.39 is 23.6 Å². The quantitative estimate of drug-likeness (QED) is 0.525. The molecule has 1 heterocycles. The number of carbonyl (C=O) groups excluding carboxylic acids is 3. The van der Waals surface area contributed by atoms with E-state index in [4.69, 9.17) is 4.74 Å². The fourth-order valence-corrected chi connectivity index (χ4v) is 2.04. The first-order valence-corrected chi connectivity index (χ1v) is 5.53. The Morgan fingerprint density at radius 2 is 2.29 bits per heavy atom. The maximum atomic E-state index is 11.7. The summed E-state index contributed by atoms with van der Waals surface area (Å²) in [5.74, 6) is -1.96. The molecule has 0 aromatic heterocycles. The number of Topliss-reactive ketones (excluding diaryl/α,β-unsaturated/α-hetero) is 1. The minimum absolute atomic E-state index is 0.186. The second-order valence-corrected chi connectivity index (χ2v) is 3.87. The van der Waals surface area contributed by atoms with Crippen LogP contribution in [0.1, 0.15) is 13.3 Å². The molecule has 1 aliphatic carbocycles. The van der Waals surface area contributed by atoms with E-state index in [1.165, 1.54) is 4.90 Å². The smallest absolute Gasteiger partial charge is 0.326 e. The van der Waals surface area contributed by atoms with Gasteiger partial charge in [0.05, 0.1) is 12.5 Å². The largest absolute Gasteiger partial charge is 0.465 e. The second-order valence-electron chi connectivity index (χ2n) is 3.87. The molecule has 1 aliphatic heterocycles. The van der Waals surface area contributed by atoms with Crippen LogP contribution in [0.4, 0.5) is 0 Å². The fourth-order valence-electron chi connectivity index (χ4n) is 2.04. The molecule has 0 bridgehead atoms. The monoisotopic (exact) mass is 235 g/mol. The molecule has 2 rings (SSSR count). The SMILES string of the molecule is CCOC(=O)CN1C(=O)C(=O)C2CC=CC=C21. The van der Waals surface area contributed by atoms with E-state index in [0.29, 0.717) is 12.1 Å². The summed E-state index contributed by atoms with van der Waals surface area (Å²) in [6, 6.07) is 0. The fraction of sp³-hybridized carbons (Fsp3) is 0.417. The third-order valence-electron chi connectivity index (χ3n) is 2.81. The zero-order valence-corrected chi connectivity index (χ0v) is 9.51. The normalized spacial score (nSPS) is 22.5. The van der Waals surface area contributed by atoms with Crippen LogP contribution in [-0.2, 0) is 19.1 Å². The Balaban J connectivity index is 2.18. The van der Waals surface area contributed by atoms with Crippen LogP contribution in [0.3, 0.4) is 0 Å². The lowest BCUT2D eigenvalue weighted by molar-refractivity contribution is -0.148. The Labute approximate surface area is 98.7 Å². The van der Waals surface area contributed by atoms with Crippen LogP contribution < -0.4 is 0 Å². The first kappa shape index (κ1) is 11.6. The van der Waals surface area contributed by atoms with Crippen molar-refractivity contribution in [2.24, 2.45) is 5.92 Å². The van der Waals surface area contributed by atoms with Gasteiger partial charge < -0.3 is 4.74 Å². The molecule has 5 nitrogen and oxygen atoms in total. The van der Waals surface area contributed by atoms with Crippen LogP contribution in [0.25, 0.3) is 0 Å². The predicted molar refractivity (Wildman–Crippen MR) is 58.7 cm³/mol. The number of hydrogen-bond donors (Lipinski definition) is 0. The van der Waals surface area contributed by atoms with Gasteiger partial charge >= 0.3 is 5.97 Å². The zero-order chi connectivity index (χ0) is 12.4. The molecule has 2 aliphatic rings. The lowest BCUT2D eigenvalue weighted by Gasteiger charge is -2.19. The molecular weight excluding hydrogens is 222 g/mol. The number of nitrogens with zero attached hydrogens (tertiary/aromatic N) is 1. The lowest BCUT2D eigenvalue weighted by Crippen LogP contribution is -2.32. The van der Waals surface area contributed by atoms with E-state index in [9.17, 15) is 14.4 Å². The van der Waals surface area contributed by atoms with Crippen LogP contribution in [0.2, 0.25) is 0 Å². The van der Waals surface area contributed by atoms with Crippen molar-refractivity contribution in [2.75, 3.05) is 13.2 Å². The molecule has 0 saturated carbocycles. The van der Waals surface area contributed by atoms with Crippen molar-refractivity contribution >= 4 is 17.7 Å². The van der Waals surface area contributed by atoms with E-state index in [0.717, 1.165) is 0 Å². The van der Waals surface area contributed by atoms with Gasteiger partial charge in [-0.1, -0.05) is 12.2 Å². The summed E-state index contributed by atoms with van der Waals surface area (Å²) in [6.45, 7) is 1.77. The molecule has 1 saturated heterocycles. The average molecular weight is 235 g/mol. The molecule has 1 atom stereocenters. The third kappa shape index (κ3) is 2.00. The highest BCUT2D eigenvalue weighted by Gasteiger charge is 2.43. The standard InChI is InChI=1S/C12H13NO4/c1-2-17-10(14)7-13-9-6-4-3-5-8(9)11(15)12(13)16/h3-4,6,8H,2,5,7H2,1H3. The van der Waals surface area contributed by atoms with E-state index in [-0.39, 0.29) is 13.2 Å². The number of amides is 1. The van der Waals surface area contributed by atoms with E-state index >= 15 is 0 Å². The van der Waals surface area contributed by atoms with Gasteiger partial charge in [-0.25, -0.2) is 0 Å². The van der Waals surface area contributed by atoms with Crippen LogP contribution in [0, 0.1) is 5.92 Å². The number of hydrogen-bond acceptors (Lipinski definition) is 4. The summed E-state index contributed by atoms with van der Waals surface area (Å²) < 4.78 is 4.78. The van der Waals surface area contributed by atoms with Crippen molar-refractivity contribution in [1.82, 2.24) is 4.90 Å². The van der Waals surface area contributed by atoms with Gasteiger partial charge in [0.2, 0.25) is 5.78 Å². The van der Waals surface area contributed by atoms with E-state index in [2.05, 4.69) is 0 Å². The molecular formula is C12H13NO4. The lowest BCUT2D eigenvalue weighted by atomic mass is 9.96. The molecule has 17 heavy (non-hydrogen) atoms. The van der Waals surface area contributed by atoms with E-state index in [1.807, 2.05) is 6.08 Å². The van der Waals surface area contributed by atoms with Crippen molar-refractivity contribution in [3.8, 4) is 0 Å². The van der Waals surface area contributed by atoms with E-state index in [1.54, 1.807) is 19.1 Å². The summed E-state index contributed by atoms with van der Waals surface area (Å²) in [5, 5.41) is 0. The molecule has 0 aromatic carbocycles. The second kappa shape index (κ2) is 4.53. The highest BCUT2D eigenvalue weighted by Crippen LogP contribution is 2.31. The summed E-state index contributed by atoms with van der Waals surface area (Å²) in [5.41, 5.74) is 0.607. The van der Waals surface area contributed by atoms with Crippen molar-refractivity contribution < 1.29 is 19.1 Å². The third-order valence-corrected chi connectivity index (χ3v) is 2.81. The molecule has 0 radical (unpaired) electrons. The van der Waals surface area contributed by atoms with Crippen LogP contribution >= 0.6 is 0 Å². The highest BCUT2D eigenvalue weighted by molar-refractivity contribution is 6.40. The summed E-state index contributed by atoms with van der Waals surface area (Å²) >= 11 is 0. The van der Waals surface area contributed by atoms with Gasteiger partial charge in [-0.2, -0.15) is 0 Å². The summed E-state index contributed by atoms with van der Waals surface area (Å²) in [7, 11) is 0. The maximum Gasteiger partial charge on any atom is 0.326 e. The van der Waals surface area contributed by atoms with Gasteiger partial charge in [0.25, 0.3) is 5.91 Å². The first-order valence-electron chi connectivity index (χ1n) is 5.53. The number of allylic oxidation sites excluding steroid dienone is 4. The number of ether oxygens (including phenoxy) is 1. The number of carbonyl (C=O) groups is 3. The zero-order valence-electron chi connectivity index (χ0n) is 9.51. The Kier molecular flexibility index (Phi) is 3.08. The van der Waals surface area contributed by atoms with Gasteiger partial charge in [-0.3, -0.25) is 19.3 Å². The molecule has 0 N–H and O–H groups in total. The van der Waals surface area contributed by atoms with Gasteiger partial charge in [0, 0.05) is 5.70 Å². The molecule has 0 spiro atoms. The average Bonchev–Trinajstić information content (AvgIpc) is 2.56. The number of likely N-dealkylation sites (tertiary alicyclic amines) is 1. The maximum absolute atomic E-state index is 11.7. The van der Waals surface area contributed by atoms with Crippen LogP contribution in [0.5, 0.6) is 0 Å². The van der Waals surface area contributed by atoms with Gasteiger partial charge in [0.1, 0.15) is 6.54 Å². The molecule has 1 amide bonds. The Morgan fingerprint density at radius 1 is 1.53 bits per heavy atom. The number of rotatable bonds is 3. The number of esters is 1. The minimum atomic E-state index is -0.613. The molecule has 5 heteroatoms. The van der Waals surface area contributed by atoms with Crippen LogP contribution in [-0.4, -0.2) is 35.7 Å². The summed E-state index contributed by atoms with van der Waals surface area (Å²) in [4.78, 5) is 36.0. The number of fused-ring (bicyclic) bond motifs is 1. The van der Waals surface area contributed by atoms with Crippen molar-refractivity contribution in [1.29, 1.82) is 0 Å². The Bertz CT molecular complexity index is 436. The van der Waals surface area contributed by atoms with Crippen molar-refractivity contribution in [3.05, 3.63) is 23.9 Å². The Morgan fingerprint density at radius 3 is 3.00 bits per heavy atom. The molecule has 1 unspecified atom stereocenters. The van der Waals surface area contributed by atoms with Crippen molar-refractivity contribution in [2.45, 2.75) is 13.3 Å². The molecule has 90 valence electrons. The predicted octanol–water partition coefficient (Wildman–Crippen LogP) is 0.421. The highest BCUT2D eigenvalue weighted by atomic mass is 16.5. The molecule has 1 fully saturated rings.